The Bertz CT molecular complexity index is 531. The van der Waals surface area contributed by atoms with Crippen molar-refractivity contribution in [1.29, 1.82) is 0 Å². The van der Waals surface area contributed by atoms with Gasteiger partial charge in [-0.25, -0.2) is 4.98 Å². The molecule has 0 fully saturated rings. The van der Waals surface area contributed by atoms with Crippen molar-refractivity contribution >= 4 is 11.3 Å². The zero-order valence-electron chi connectivity index (χ0n) is 11.7. The molecule has 2 aromatic rings. The lowest BCUT2D eigenvalue weighted by atomic mass is 10.1. The highest BCUT2D eigenvalue weighted by Gasteiger charge is 2.14. The van der Waals surface area contributed by atoms with E-state index in [1.165, 1.54) is 5.69 Å². The van der Waals surface area contributed by atoms with E-state index in [1.807, 2.05) is 18.5 Å². The number of hydrogen-bond acceptors (Lipinski definition) is 5. The van der Waals surface area contributed by atoms with Crippen LogP contribution in [0.5, 0.6) is 0 Å². The van der Waals surface area contributed by atoms with Gasteiger partial charge in [0.2, 0.25) is 0 Å². The Kier molecular flexibility index (Phi) is 4.68. The Morgan fingerprint density at radius 2 is 2.16 bits per heavy atom. The summed E-state index contributed by atoms with van der Waals surface area (Å²) in [5, 5.41) is 7.66. The van der Waals surface area contributed by atoms with Crippen LogP contribution in [0, 0.1) is 13.8 Å². The van der Waals surface area contributed by atoms with E-state index in [2.05, 4.69) is 33.9 Å². The van der Waals surface area contributed by atoms with Gasteiger partial charge in [0.15, 0.2) is 0 Å². The third kappa shape index (κ3) is 3.62. The predicted molar refractivity (Wildman–Crippen MR) is 78.0 cm³/mol. The van der Waals surface area contributed by atoms with Crippen LogP contribution in [0.1, 0.15) is 29.0 Å². The van der Waals surface area contributed by atoms with E-state index in [-0.39, 0.29) is 6.04 Å². The van der Waals surface area contributed by atoms with Crippen LogP contribution in [-0.4, -0.2) is 20.8 Å². The molecule has 0 bridgehead atoms. The lowest BCUT2D eigenvalue weighted by molar-refractivity contribution is 0.495. The molecule has 0 saturated carbocycles. The number of rotatable bonds is 6. The molecule has 2 heterocycles. The summed E-state index contributed by atoms with van der Waals surface area (Å²) in [6.07, 6.45) is 1.72. The zero-order valence-corrected chi connectivity index (χ0v) is 12.5. The average Bonchev–Trinajstić information content (AvgIpc) is 2.94. The van der Waals surface area contributed by atoms with E-state index < -0.39 is 0 Å². The van der Waals surface area contributed by atoms with Crippen LogP contribution >= 0.6 is 11.3 Å². The van der Waals surface area contributed by atoms with Crippen LogP contribution in [0.4, 0.5) is 0 Å². The Morgan fingerprint density at radius 3 is 2.74 bits per heavy atom. The highest BCUT2D eigenvalue weighted by atomic mass is 32.1. The van der Waals surface area contributed by atoms with Gasteiger partial charge in [0.1, 0.15) is 0 Å². The van der Waals surface area contributed by atoms with E-state index in [4.69, 9.17) is 5.84 Å². The highest BCUT2D eigenvalue weighted by Crippen LogP contribution is 2.14. The molecule has 2 aromatic heterocycles. The third-order valence-corrected chi connectivity index (χ3v) is 4.05. The first kappa shape index (κ1) is 14.2. The minimum Gasteiger partial charge on any atom is -0.271 e. The van der Waals surface area contributed by atoms with Crippen molar-refractivity contribution in [2.75, 3.05) is 0 Å². The van der Waals surface area contributed by atoms with Gasteiger partial charge in [0, 0.05) is 42.2 Å². The van der Waals surface area contributed by atoms with Crippen molar-refractivity contribution < 1.29 is 0 Å². The summed E-state index contributed by atoms with van der Waals surface area (Å²) >= 11 is 1.69. The molecule has 0 aliphatic heterocycles. The standard InChI is InChI=1S/C13H21N5S/c1-4-18-12(5-9(2)17-18)6-11(16-14)7-13-15-10(3)8-19-13/h5,8,11,16H,4,6-7,14H2,1-3H3. The van der Waals surface area contributed by atoms with Gasteiger partial charge in [0.05, 0.1) is 10.7 Å². The summed E-state index contributed by atoms with van der Waals surface area (Å²) in [7, 11) is 0. The molecule has 0 spiro atoms. The predicted octanol–water partition coefficient (Wildman–Crippen LogP) is 1.59. The van der Waals surface area contributed by atoms with E-state index in [9.17, 15) is 0 Å². The van der Waals surface area contributed by atoms with Crippen molar-refractivity contribution in [2.24, 2.45) is 5.84 Å². The van der Waals surface area contributed by atoms with E-state index in [0.29, 0.717) is 0 Å². The smallest absolute Gasteiger partial charge is 0.0944 e. The van der Waals surface area contributed by atoms with Crippen molar-refractivity contribution in [3.63, 3.8) is 0 Å². The molecule has 0 aliphatic rings. The van der Waals surface area contributed by atoms with Gasteiger partial charge in [-0.2, -0.15) is 5.10 Å². The summed E-state index contributed by atoms with van der Waals surface area (Å²) in [6, 6.07) is 2.31. The largest absolute Gasteiger partial charge is 0.271 e. The third-order valence-electron chi connectivity index (χ3n) is 3.06. The maximum atomic E-state index is 5.67. The van der Waals surface area contributed by atoms with Gasteiger partial charge in [-0.3, -0.25) is 16.0 Å². The molecule has 0 amide bonds. The van der Waals surface area contributed by atoms with Crippen LogP contribution in [0.25, 0.3) is 0 Å². The van der Waals surface area contributed by atoms with Crippen LogP contribution in [-0.2, 0) is 19.4 Å². The fourth-order valence-electron chi connectivity index (χ4n) is 2.19. The summed E-state index contributed by atoms with van der Waals surface area (Å²) in [6.45, 7) is 7.02. The molecule has 1 unspecified atom stereocenters. The van der Waals surface area contributed by atoms with Gasteiger partial charge in [-0.1, -0.05) is 0 Å². The van der Waals surface area contributed by atoms with E-state index >= 15 is 0 Å². The van der Waals surface area contributed by atoms with Gasteiger partial charge in [0.25, 0.3) is 0 Å². The highest BCUT2D eigenvalue weighted by molar-refractivity contribution is 7.09. The maximum absolute atomic E-state index is 5.67. The second kappa shape index (κ2) is 6.27. The SMILES string of the molecule is CCn1nc(C)cc1CC(Cc1nc(C)cs1)NN. The number of nitrogens with zero attached hydrogens (tertiary/aromatic N) is 3. The molecular formula is C13H21N5S. The molecule has 3 N–H and O–H groups in total. The second-order valence-corrected chi connectivity index (χ2v) is 5.69. The zero-order chi connectivity index (χ0) is 13.8. The van der Waals surface area contributed by atoms with E-state index in [0.717, 1.165) is 35.8 Å². The van der Waals surface area contributed by atoms with Crippen molar-refractivity contribution in [3.8, 4) is 0 Å². The number of hydrogen-bond donors (Lipinski definition) is 2. The topological polar surface area (TPSA) is 68.8 Å². The first-order valence-corrected chi connectivity index (χ1v) is 7.40. The fraction of sp³-hybridized carbons (Fsp3) is 0.538. The van der Waals surface area contributed by atoms with Crippen LogP contribution in [0.15, 0.2) is 11.4 Å². The minimum absolute atomic E-state index is 0.187. The molecule has 0 radical (unpaired) electrons. The first-order chi connectivity index (χ1) is 9.12. The van der Waals surface area contributed by atoms with Crippen LogP contribution in [0.3, 0.4) is 0 Å². The van der Waals surface area contributed by atoms with Gasteiger partial charge < -0.3 is 0 Å². The van der Waals surface area contributed by atoms with Gasteiger partial charge >= 0.3 is 0 Å². The number of aromatic nitrogens is 3. The molecule has 0 aromatic carbocycles. The van der Waals surface area contributed by atoms with E-state index in [1.54, 1.807) is 11.3 Å². The summed E-state index contributed by atoms with van der Waals surface area (Å²) in [5.74, 6) is 5.67. The normalized spacial score (nSPS) is 12.8. The summed E-state index contributed by atoms with van der Waals surface area (Å²) in [5.41, 5.74) is 6.24. The van der Waals surface area contributed by atoms with Crippen molar-refractivity contribution in [2.45, 2.75) is 46.2 Å². The fourth-order valence-corrected chi connectivity index (χ4v) is 3.04. The van der Waals surface area contributed by atoms with Crippen molar-refractivity contribution in [1.82, 2.24) is 20.2 Å². The Hall–Kier alpha value is -1.24. The van der Waals surface area contributed by atoms with Gasteiger partial charge in [-0.15, -0.1) is 11.3 Å². The average molecular weight is 279 g/mol. The Labute approximate surface area is 117 Å². The Balaban J connectivity index is 2.06. The lowest BCUT2D eigenvalue weighted by Crippen LogP contribution is -2.39. The lowest BCUT2D eigenvalue weighted by Gasteiger charge is -2.15. The minimum atomic E-state index is 0.187. The summed E-state index contributed by atoms with van der Waals surface area (Å²) in [4.78, 5) is 4.49. The molecule has 0 aliphatic carbocycles. The number of nitrogens with one attached hydrogen (secondary N) is 1. The molecule has 1 atom stereocenters. The van der Waals surface area contributed by atoms with Crippen molar-refractivity contribution in [3.05, 3.63) is 33.5 Å². The van der Waals surface area contributed by atoms with Crippen LogP contribution in [0.2, 0.25) is 0 Å². The number of hydrazine groups is 1. The van der Waals surface area contributed by atoms with Gasteiger partial charge in [-0.05, 0) is 26.8 Å². The monoisotopic (exact) mass is 279 g/mol. The molecular weight excluding hydrogens is 258 g/mol. The first-order valence-electron chi connectivity index (χ1n) is 6.52. The molecule has 5 nitrogen and oxygen atoms in total. The molecule has 2 rings (SSSR count). The molecule has 104 valence electrons. The maximum Gasteiger partial charge on any atom is 0.0944 e. The number of aryl methyl sites for hydroxylation is 3. The quantitative estimate of drug-likeness (QED) is 0.622. The second-order valence-electron chi connectivity index (χ2n) is 4.75. The molecule has 0 saturated heterocycles. The molecule has 6 heteroatoms. The Morgan fingerprint density at radius 1 is 1.37 bits per heavy atom. The number of thiazole rings is 1. The number of nitrogens with two attached hydrogens (primary N) is 1. The van der Waals surface area contributed by atoms with Crippen LogP contribution < -0.4 is 11.3 Å². The molecule has 19 heavy (non-hydrogen) atoms. The summed E-state index contributed by atoms with van der Waals surface area (Å²) < 4.78 is 2.03.